The van der Waals surface area contributed by atoms with Gasteiger partial charge in [0.25, 0.3) is 11.8 Å². The fourth-order valence-corrected chi connectivity index (χ4v) is 5.66. The number of nitrogens with zero attached hydrogens (tertiary/aromatic N) is 1. The van der Waals surface area contributed by atoms with Crippen LogP contribution in [0.1, 0.15) is 29.0 Å². The highest BCUT2D eigenvalue weighted by molar-refractivity contribution is 6.12. The minimum absolute atomic E-state index is 0.0566. The van der Waals surface area contributed by atoms with Gasteiger partial charge in [0.15, 0.2) is 11.5 Å². The molecule has 1 aliphatic heterocycles. The molecule has 2 amide bonds. The van der Waals surface area contributed by atoms with Crippen LogP contribution in [-0.4, -0.2) is 29.0 Å². The Labute approximate surface area is 210 Å². The molecule has 0 bridgehead atoms. The monoisotopic (exact) mass is 480 g/mol. The second kappa shape index (κ2) is 9.04. The van der Waals surface area contributed by atoms with Crippen molar-refractivity contribution in [1.29, 1.82) is 0 Å². The van der Waals surface area contributed by atoms with E-state index in [2.05, 4.69) is 12.0 Å². The quantitative estimate of drug-likeness (QED) is 0.471. The van der Waals surface area contributed by atoms with Crippen molar-refractivity contribution in [3.8, 4) is 11.5 Å². The minimum Gasteiger partial charge on any atom is -0.504 e. The summed E-state index contributed by atoms with van der Waals surface area (Å²) < 4.78 is 5.38. The highest BCUT2D eigenvalue weighted by Crippen LogP contribution is 2.59. The van der Waals surface area contributed by atoms with Crippen LogP contribution in [0.25, 0.3) is 0 Å². The van der Waals surface area contributed by atoms with Crippen molar-refractivity contribution in [2.24, 2.45) is 5.92 Å². The summed E-state index contributed by atoms with van der Waals surface area (Å²) in [6, 6.07) is 22.1. The van der Waals surface area contributed by atoms with E-state index in [1.807, 2.05) is 67.6 Å². The molecule has 6 nitrogen and oxygen atoms in total. The lowest BCUT2D eigenvalue weighted by Gasteiger charge is -2.43. The van der Waals surface area contributed by atoms with Crippen molar-refractivity contribution in [2.45, 2.75) is 24.7 Å². The van der Waals surface area contributed by atoms with Gasteiger partial charge in [-0.2, -0.15) is 5.01 Å². The predicted molar refractivity (Wildman–Crippen MR) is 139 cm³/mol. The van der Waals surface area contributed by atoms with Crippen molar-refractivity contribution >= 4 is 17.5 Å². The zero-order valence-corrected chi connectivity index (χ0v) is 20.3. The van der Waals surface area contributed by atoms with Gasteiger partial charge in [-0.3, -0.25) is 15.0 Å². The van der Waals surface area contributed by atoms with E-state index in [1.165, 1.54) is 7.11 Å². The molecule has 3 atom stereocenters. The number of para-hydroxylation sites is 1. The number of anilines is 1. The molecule has 0 aromatic heterocycles. The van der Waals surface area contributed by atoms with E-state index in [9.17, 15) is 14.7 Å². The summed E-state index contributed by atoms with van der Waals surface area (Å²) in [4.78, 5) is 28.4. The highest BCUT2D eigenvalue weighted by atomic mass is 16.5. The molecule has 5 rings (SSSR count). The topological polar surface area (TPSA) is 78.9 Å². The molecule has 3 aromatic rings. The number of hydrogen-bond donors (Lipinski definition) is 2. The molecule has 36 heavy (non-hydrogen) atoms. The maximum atomic E-state index is 14.5. The van der Waals surface area contributed by atoms with Crippen molar-refractivity contribution in [3.63, 3.8) is 0 Å². The van der Waals surface area contributed by atoms with Crippen LogP contribution in [0, 0.1) is 12.8 Å². The van der Waals surface area contributed by atoms with Gasteiger partial charge in [-0.25, -0.2) is 0 Å². The second-order valence-electron chi connectivity index (χ2n) is 9.22. The summed E-state index contributed by atoms with van der Waals surface area (Å²) in [5.74, 6) is -1.77. The maximum Gasteiger partial charge on any atom is 0.260 e. The van der Waals surface area contributed by atoms with E-state index >= 15 is 0 Å². The third kappa shape index (κ3) is 3.40. The molecule has 182 valence electrons. The molecule has 3 unspecified atom stereocenters. The van der Waals surface area contributed by atoms with Crippen molar-refractivity contribution in [3.05, 3.63) is 114 Å². The lowest BCUT2D eigenvalue weighted by atomic mass is 9.56. The number of fused-ring (bicyclic) bond motifs is 1. The van der Waals surface area contributed by atoms with E-state index < -0.39 is 17.3 Å². The molecule has 1 heterocycles. The number of aryl methyl sites for hydroxylation is 1. The van der Waals surface area contributed by atoms with Gasteiger partial charge in [-0.1, -0.05) is 78.9 Å². The molecule has 2 aliphatic rings. The Balaban J connectivity index is 1.74. The number of rotatable bonds is 6. The molecule has 0 radical (unpaired) electrons. The number of benzene rings is 3. The summed E-state index contributed by atoms with van der Waals surface area (Å²) in [7, 11) is 1.48. The van der Waals surface area contributed by atoms with Crippen LogP contribution in [0.5, 0.6) is 11.5 Å². The molecule has 1 saturated heterocycles. The Bertz CT molecular complexity index is 1360. The Kier molecular flexibility index (Phi) is 5.88. The van der Waals surface area contributed by atoms with Crippen LogP contribution in [0.4, 0.5) is 5.69 Å². The van der Waals surface area contributed by atoms with Gasteiger partial charge in [0.05, 0.1) is 24.1 Å². The fourth-order valence-electron chi connectivity index (χ4n) is 5.66. The van der Waals surface area contributed by atoms with E-state index in [4.69, 9.17) is 4.74 Å². The standard InChI is InChI=1S/C30H28N2O4/c1-4-20-15-18-24-28(34)32(31-22-16-13-19(2)14-17-22)29(35)30(24,21-9-6-5-7-10-21)26(20)23-11-8-12-25(36-3)27(23)33/h4-17,24,26,31,33H,1,18H2,2-3H3. The van der Waals surface area contributed by atoms with Gasteiger partial charge < -0.3 is 9.84 Å². The van der Waals surface area contributed by atoms with Crippen LogP contribution in [0.2, 0.25) is 0 Å². The Morgan fingerprint density at radius 1 is 1.06 bits per heavy atom. The smallest absolute Gasteiger partial charge is 0.260 e. The number of aromatic hydroxyl groups is 1. The van der Waals surface area contributed by atoms with Crippen LogP contribution >= 0.6 is 0 Å². The summed E-state index contributed by atoms with van der Waals surface area (Å²) in [5.41, 5.74) is 5.47. The van der Waals surface area contributed by atoms with Gasteiger partial charge in [-0.15, -0.1) is 0 Å². The second-order valence-corrected chi connectivity index (χ2v) is 9.22. The zero-order chi connectivity index (χ0) is 25.4. The van der Waals surface area contributed by atoms with E-state index in [-0.39, 0.29) is 17.6 Å². The third-order valence-electron chi connectivity index (χ3n) is 7.34. The molecule has 0 saturated carbocycles. The van der Waals surface area contributed by atoms with Crippen LogP contribution in [0.15, 0.2) is 97.1 Å². The fraction of sp³-hybridized carbons (Fsp3) is 0.200. The Morgan fingerprint density at radius 2 is 1.78 bits per heavy atom. The molecule has 3 aromatic carbocycles. The van der Waals surface area contributed by atoms with Gasteiger partial charge in [0.1, 0.15) is 0 Å². The average molecular weight is 481 g/mol. The van der Waals surface area contributed by atoms with Crippen LogP contribution in [-0.2, 0) is 15.0 Å². The number of carbonyl (C=O) groups is 2. The number of ether oxygens (including phenoxy) is 1. The molecule has 0 spiro atoms. The normalized spacial score (nSPS) is 23.2. The number of allylic oxidation sites excluding steroid dienone is 3. The number of hydrogen-bond acceptors (Lipinski definition) is 5. The van der Waals surface area contributed by atoms with Crippen molar-refractivity contribution in [2.75, 3.05) is 12.5 Å². The summed E-state index contributed by atoms with van der Waals surface area (Å²) in [6.45, 7) is 5.98. The first kappa shape index (κ1) is 23.4. The van der Waals surface area contributed by atoms with Gasteiger partial charge in [0.2, 0.25) is 0 Å². The number of hydrazine groups is 1. The number of amides is 2. The maximum absolute atomic E-state index is 14.5. The third-order valence-corrected chi connectivity index (χ3v) is 7.34. The first-order valence-corrected chi connectivity index (χ1v) is 11.9. The number of nitrogens with one attached hydrogen (secondary N) is 1. The van der Waals surface area contributed by atoms with Crippen LogP contribution in [0.3, 0.4) is 0 Å². The van der Waals surface area contributed by atoms with E-state index in [0.717, 1.165) is 16.1 Å². The number of carbonyl (C=O) groups excluding carboxylic acids is 2. The number of methoxy groups -OCH3 is 1. The largest absolute Gasteiger partial charge is 0.504 e. The molecule has 6 heteroatoms. The predicted octanol–water partition coefficient (Wildman–Crippen LogP) is 5.26. The minimum atomic E-state index is -1.29. The van der Waals surface area contributed by atoms with Gasteiger partial charge in [-0.05, 0) is 42.7 Å². The summed E-state index contributed by atoms with van der Waals surface area (Å²) in [5, 5.41) is 12.3. The van der Waals surface area contributed by atoms with E-state index in [1.54, 1.807) is 24.3 Å². The van der Waals surface area contributed by atoms with Crippen LogP contribution < -0.4 is 10.2 Å². The summed E-state index contributed by atoms with van der Waals surface area (Å²) in [6.07, 6.45) is 4.02. The first-order valence-electron chi connectivity index (χ1n) is 11.9. The molecular weight excluding hydrogens is 452 g/mol. The van der Waals surface area contributed by atoms with Gasteiger partial charge >= 0.3 is 0 Å². The highest BCUT2D eigenvalue weighted by Gasteiger charge is 2.66. The van der Waals surface area contributed by atoms with Crippen molar-refractivity contribution < 1.29 is 19.4 Å². The van der Waals surface area contributed by atoms with Crippen molar-refractivity contribution in [1.82, 2.24) is 5.01 Å². The number of imide groups is 1. The zero-order valence-electron chi connectivity index (χ0n) is 20.3. The molecular formula is C30H28N2O4. The lowest BCUT2D eigenvalue weighted by Crippen LogP contribution is -2.48. The molecule has 1 fully saturated rings. The summed E-state index contributed by atoms with van der Waals surface area (Å²) >= 11 is 0. The number of phenols is 1. The van der Waals surface area contributed by atoms with Gasteiger partial charge in [0, 0.05) is 11.5 Å². The lowest BCUT2D eigenvalue weighted by molar-refractivity contribution is -0.138. The average Bonchev–Trinajstić information content (AvgIpc) is 3.12. The first-order chi connectivity index (χ1) is 17.4. The Morgan fingerprint density at radius 3 is 2.44 bits per heavy atom. The molecule has 1 aliphatic carbocycles. The SMILES string of the molecule is C=CC1=CCC2C(=O)N(Nc3ccc(C)cc3)C(=O)C2(c2ccccc2)C1c1cccc(OC)c1O. The number of phenolic OH excluding ortho intramolecular Hbond substituents is 1. The van der Waals surface area contributed by atoms with E-state index in [0.29, 0.717) is 29.0 Å². The Hall–Kier alpha value is -4.32. The molecule has 2 N–H and O–H groups in total.